The fourth-order valence-corrected chi connectivity index (χ4v) is 3.35. The van der Waals surface area contributed by atoms with E-state index in [4.69, 9.17) is 9.47 Å². The van der Waals surface area contributed by atoms with Crippen LogP contribution in [-0.2, 0) is 9.47 Å². The Balaban J connectivity index is 2.22. The van der Waals surface area contributed by atoms with Gasteiger partial charge in [-0.2, -0.15) is 5.06 Å². The molecule has 0 aliphatic carbocycles. The smallest absolute Gasteiger partial charge is 0.172 e. The van der Waals surface area contributed by atoms with Crippen LogP contribution in [0.4, 0.5) is 0 Å². The van der Waals surface area contributed by atoms with E-state index >= 15 is 0 Å². The Hall–Kier alpha value is -0.160. The summed E-state index contributed by atoms with van der Waals surface area (Å²) in [4.78, 5) is 0. The van der Waals surface area contributed by atoms with E-state index in [1.807, 2.05) is 27.7 Å². The third-order valence-electron chi connectivity index (χ3n) is 3.92. The predicted octanol–water partition coefficient (Wildman–Crippen LogP) is 2.55. The van der Waals surface area contributed by atoms with Crippen LogP contribution in [0.2, 0.25) is 0 Å². The van der Waals surface area contributed by atoms with E-state index in [1.165, 1.54) is 5.06 Å². The van der Waals surface area contributed by atoms with Crippen molar-refractivity contribution < 1.29 is 14.7 Å². The zero-order valence-corrected chi connectivity index (χ0v) is 11.6. The second-order valence-corrected chi connectivity index (χ2v) is 6.66. The molecule has 4 nitrogen and oxygen atoms in total. The summed E-state index contributed by atoms with van der Waals surface area (Å²) in [5.74, 6) is -0.507. The van der Waals surface area contributed by atoms with Crippen LogP contribution in [0.15, 0.2) is 0 Å². The molecule has 0 amide bonds. The van der Waals surface area contributed by atoms with Crippen LogP contribution in [0, 0.1) is 0 Å². The summed E-state index contributed by atoms with van der Waals surface area (Å²) < 4.78 is 12.0. The molecule has 0 aromatic heterocycles. The molecule has 0 saturated carbocycles. The number of nitrogens with zero attached hydrogens (tertiary/aromatic N) is 1. The fraction of sp³-hybridized carbons (Fsp3) is 1.00. The van der Waals surface area contributed by atoms with Gasteiger partial charge in [0.25, 0.3) is 0 Å². The monoisotopic (exact) mass is 243 g/mol. The van der Waals surface area contributed by atoms with E-state index in [1.54, 1.807) is 0 Å². The Morgan fingerprint density at radius 1 is 1.18 bits per heavy atom. The zero-order chi connectivity index (χ0) is 12.9. The Morgan fingerprint density at radius 3 is 2.12 bits per heavy atom. The van der Waals surface area contributed by atoms with Crippen molar-refractivity contribution in [3.05, 3.63) is 0 Å². The Kier molecular flexibility index (Phi) is 3.06. The van der Waals surface area contributed by atoms with Crippen molar-refractivity contribution in [2.45, 2.75) is 76.9 Å². The van der Waals surface area contributed by atoms with Crippen molar-refractivity contribution in [2.75, 3.05) is 6.61 Å². The molecule has 2 rings (SSSR count). The van der Waals surface area contributed by atoms with Gasteiger partial charge in [0.15, 0.2) is 5.79 Å². The van der Waals surface area contributed by atoms with Crippen molar-refractivity contribution in [1.29, 1.82) is 0 Å². The lowest BCUT2D eigenvalue weighted by Crippen LogP contribution is -2.64. The Bertz CT molecular complexity index is 283. The predicted molar refractivity (Wildman–Crippen MR) is 64.9 cm³/mol. The molecule has 1 spiro atoms. The van der Waals surface area contributed by atoms with Crippen molar-refractivity contribution in [2.24, 2.45) is 0 Å². The summed E-state index contributed by atoms with van der Waals surface area (Å²) in [5.41, 5.74) is -0.658. The molecule has 0 unspecified atom stereocenters. The van der Waals surface area contributed by atoms with Crippen LogP contribution in [0.3, 0.4) is 0 Å². The average Bonchev–Trinajstić information content (AvgIpc) is 2.56. The number of rotatable bonds is 1. The van der Waals surface area contributed by atoms with Gasteiger partial charge in [0, 0.05) is 23.9 Å². The molecule has 0 aromatic rings. The first-order chi connectivity index (χ1) is 7.71. The van der Waals surface area contributed by atoms with E-state index in [0.29, 0.717) is 19.4 Å². The quantitative estimate of drug-likeness (QED) is 0.768. The summed E-state index contributed by atoms with van der Waals surface area (Å²) in [6, 6.07) is 0. The van der Waals surface area contributed by atoms with Gasteiger partial charge in [-0.1, -0.05) is 6.92 Å². The molecule has 0 aromatic carbocycles. The van der Waals surface area contributed by atoms with Crippen LogP contribution in [0.25, 0.3) is 0 Å². The SMILES string of the molecule is CC[C@@H]1COC2(CC(C)(C)N(O)C(C)(C)C2)O1. The van der Waals surface area contributed by atoms with Crippen molar-refractivity contribution in [3.63, 3.8) is 0 Å². The maximum atomic E-state index is 10.3. The van der Waals surface area contributed by atoms with Gasteiger partial charge in [-0.15, -0.1) is 0 Å². The second-order valence-electron chi connectivity index (χ2n) is 6.66. The first kappa shape index (κ1) is 13.3. The minimum absolute atomic E-state index is 0.201. The Labute approximate surface area is 104 Å². The maximum absolute atomic E-state index is 10.3. The third kappa shape index (κ3) is 2.24. The van der Waals surface area contributed by atoms with E-state index < -0.39 is 5.79 Å². The Morgan fingerprint density at radius 2 is 1.71 bits per heavy atom. The molecule has 0 radical (unpaired) electrons. The summed E-state index contributed by atoms with van der Waals surface area (Å²) in [6.45, 7) is 10.9. The van der Waals surface area contributed by atoms with Crippen LogP contribution in [0.1, 0.15) is 53.9 Å². The van der Waals surface area contributed by atoms with Crippen LogP contribution >= 0.6 is 0 Å². The lowest BCUT2D eigenvalue weighted by Gasteiger charge is -2.54. The molecule has 100 valence electrons. The standard InChI is InChI=1S/C13H25NO3/c1-6-10-7-16-13(17-10)8-11(2,3)14(15)12(4,5)9-13/h10,15H,6-9H2,1-5H3/t10-/m1/s1. The molecule has 2 heterocycles. The fourth-order valence-electron chi connectivity index (χ4n) is 3.35. The highest BCUT2D eigenvalue weighted by Gasteiger charge is 2.56. The van der Waals surface area contributed by atoms with Gasteiger partial charge in [-0.25, -0.2) is 0 Å². The second kappa shape index (κ2) is 3.92. The molecule has 1 atom stereocenters. The highest BCUT2D eigenvalue weighted by molar-refractivity contribution is 5.02. The van der Waals surface area contributed by atoms with E-state index in [9.17, 15) is 5.21 Å². The molecule has 2 saturated heterocycles. The summed E-state index contributed by atoms with van der Waals surface area (Å²) in [7, 11) is 0. The van der Waals surface area contributed by atoms with Gasteiger partial charge < -0.3 is 14.7 Å². The summed E-state index contributed by atoms with van der Waals surface area (Å²) >= 11 is 0. The number of hydroxylamine groups is 2. The zero-order valence-electron chi connectivity index (χ0n) is 11.6. The van der Waals surface area contributed by atoms with Crippen LogP contribution in [0.5, 0.6) is 0 Å². The molecular formula is C13H25NO3. The molecule has 2 fully saturated rings. The minimum Gasteiger partial charge on any atom is -0.347 e. The topological polar surface area (TPSA) is 41.9 Å². The van der Waals surface area contributed by atoms with Crippen LogP contribution in [-0.4, -0.2) is 39.8 Å². The van der Waals surface area contributed by atoms with Gasteiger partial charge in [0.05, 0.1) is 12.7 Å². The molecule has 17 heavy (non-hydrogen) atoms. The lowest BCUT2D eigenvalue weighted by molar-refractivity contribution is -0.317. The minimum atomic E-state index is -0.507. The van der Waals surface area contributed by atoms with Crippen molar-refractivity contribution in [3.8, 4) is 0 Å². The third-order valence-corrected chi connectivity index (χ3v) is 3.92. The van der Waals surface area contributed by atoms with Crippen molar-refractivity contribution >= 4 is 0 Å². The molecule has 2 aliphatic rings. The van der Waals surface area contributed by atoms with Crippen LogP contribution < -0.4 is 0 Å². The van der Waals surface area contributed by atoms with Crippen molar-refractivity contribution in [1.82, 2.24) is 5.06 Å². The first-order valence-corrected chi connectivity index (χ1v) is 6.52. The van der Waals surface area contributed by atoms with Gasteiger partial charge in [-0.3, -0.25) is 0 Å². The summed E-state index contributed by atoms with van der Waals surface area (Å²) in [6.07, 6.45) is 2.59. The molecular weight excluding hydrogens is 218 g/mol. The highest BCUT2D eigenvalue weighted by atomic mass is 16.7. The number of ether oxygens (including phenoxy) is 2. The van der Waals surface area contributed by atoms with Gasteiger partial charge in [-0.05, 0) is 34.1 Å². The maximum Gasteiger partial charge on any atom is 0.172 e. The number of hydrogen-bond donors (Lipinski definition) is 1. The number of hydrogen-bond acceptors (Lipinski definition) is 4. The molecule has 2 aliphatic heterocycles. The van der Waals surface area contributed by atoms with E-state index in [0.717, 1.165) is 6.42 Å². The van der Waals surface area contributed by atoms with E-state index in [2.05, 4.69) is 6.92 Å². The molecule has 0 bridgehead atoms. The lowest BCUT2D eigenvalue weighted by atomic mass is 9.78. The van der Waals surface area contributed by atoms with Gasteiger partial charge >= 0.3 is 0 Å². The van der Waals surface area contributed by atoms with E-state index in [-0.39, 0.29) is 17.2 Å². The van der Waals surface area contributed by atoms with Gasteiger partial charge in [0.2, 0.25) is 0 Å². The first-order valence-electron chi connectivity index (χ1n) is 6.52. The normalized spacial score (nSPS) is 35.3. The number of piperidine rings is 1. The molecule has 1 N–H and O–H groups in total. The average molecular weight is 243 g/mol. The summed E-state index contributed by atoms with van der Waals surface area (Å²) in [5, 5.41) is 11.7. The van der Waals surface area contributed by atoms with Gasteiger partial charge in [0.1, 0.15) is 0 Å². The highest BCUT2D eigenvalue weighted by Crippen LogP contribution is 2.47. The molecule has 4 heteroatoms. The largest absolute Gasteiger partial charge is 0.347 e.